The second kappa shape index (κ2) is 11.1. The number of amides is 3. The number of aliphatic hydroxyl groups excluding tert-OH is 1. The summed E-state index contributed by atoms with van der Waals surface area (Å²) in [5, 5.41) is 10.5. The van der Waals surface area contributed by atoms with E-state index < -0.39 is 33.4 Å². The van der Waals surface area contributed by atoms with Crippen LogP contribution in [0, 0.1) is 17.8 Å². The van der Waals surface area contributed by atoms with Gasteiger partial charge in [0.05, 0.1) is 35.8 Å². The van der Waals surface area contributed by atoms with Crippen LogP contribution in [-0.2, 0) is 14.4 Å². The molecule has 1 N–H and O–H groups in total. The molecule has 0 radical (unpaired) electrons. The molecule has 1 aromatic rings. The van der Waals surface area contributed by atoms with Gasteiger partial charge in [0.15, 0.2) is 0 Å². The van der Waals surface area contributed by atoms with Gasteiger partial charge in [-0.15, -0.1) is 11.8 Å². The largest absolute Gasteiger partial charge is 0.494 e. The first-order valence-electron chi connectivity index (χ1n) is 14.8. The quantitative estimate of drug-likeness (QED) is 0.469. The van der Waals surface area contributed by atoms with E-state index in [-0.39, 0.29) is 36.3 Å². The van der Waals surface area contributed by atoms with Gasteiger partial charge in [-0.25, -0.2) is 0 Å². The Kier molecular flexibility index (Phi) is 8.07. The molecule has 4 aliphatic heterocycles. The van der Waals surface area contributed by atoms with Gasteiger partial charge in [-0.3, -0.25) is 14.4 Å². The number of carbonyl (C=O) groups is 3. The standard InChI is InChI=1S/C32H43N3O5S/c1-7-40-24-12-10-22(11-13-24)34-17-8-14-31(6)25(28(34)37)26-29(38)35(23(19-36)18-20(2)3)27-30(39)33(21(4)5)16-9-15-32(26,27)41-31/h8-15,20-21,23,25-27,36H,7,16-19H2,1-6H3/t23-,25+,26+,27?,31-,32+/m1/s1. The second-order valence-corrected chi connectivity index (χ2v) is 14.3. The number of benzene rings is 1. The lowest BCUT2D eigenvalue weighted by molar-refractivity contribution is -0.146. The lowest BCUT2D eigenvalue weighted by Crippen LogP contribution is -2.57. The van der Waals surface area contributed by atoms with Crippen LogP contribution in [-0.4, -0.2) is 86.6 Å². The van der Waals surface area contributed by atoms with Crippen molar-refractivity contribution < 1.29 is 24.2 Å². The highest BCUT2D eigenvalue weighted by Crippen LogP contribution is 2.66. The molecule has 1 spiro atoms. The number of carbonyl (C=O) groups excluding carboxylic acids is 3. The Morgan fingerprint density at radius 3 is 2.27 bits per heavy atom. The first-order valence-corrected chi connectivity index (χ1v) is 15.6. The van der Waals surface area contributed by atoms with Crippen molar-refractivity contribution in [2.24, 2.45) is 17.8 Å². The zero-order valence-corrected chi connectivity index (χ0v) is 25.8. The van der Waals surface area contributed by atoms with Gasteiger partial charge in [-0.05, 0) is 64.3 Å². The number of rotatable bonds is 8. The Bertz CT molecular complexity index is 1250. The predicted octanol–water partition coefficient (Wildman–Crippen LogP) is 3.89. The van der Waals surface area contributed by atoms with Crippen LogP contribution >= 0.6 is 11.8 Å². The highest BCUT2D eigenvalue weighted by atomic mass is 32.2. The molecule has 0 aromatic heterocycles. The summed E-state index contributed by atoms with van der Waals surface area (Å²) < 4.78 is 3.98. The van der Waals surface area contributed by atoms with E-state index in [0.717, 1.165) is 11.4 Å². The normalized spacial score (nSPS) is 31.9. The lowest BCUT2D eigenvalue weighted by Gasteiger charge is -2.40. The summed E-state index contributed by atoms with van der Waals surface area (Å²) in [4.78, 5) is 48.8. The number of ether oxygens (including phenoxy) is 1. The third-order valence-corrected chi connectivity index (χ3v) is 10.8. The first-order chi connectivity index (χ1) is 19.5. The van der Waals surface area contributed by atoms with Crippen molar-refractivity contribution in [3.8, 4) is 5.75 Å². The van der Waals surface area contributed by atoms with E-state index in [1.165, 1.54) is 0 Å². The topological polar surface area (TPSA) is 90.4 Å². The molecule has 0 bridgehead atoms. The van der Waals surface area contributed by atoms with Crippen LogP contribution in [0.15, 0.2) is 48.6 Å². The number of hydrogen-bond acceptors (Lipinski definition) is 6. The van der Waals surface area contributed by atoms with Gasteiger partial charge >= 0.3 is 0 Å². The van der Waals surface area contributed by atoms with Crippen molar-refractivity contribution >= 4 is 35.2 Å². The van der Waals surface area contributed by atoms with Gasteiger partial charge in [0, 0.05) is 29.6 Å². The smallest absolute Gasteiger partial charge is 0.247 e. The lowest BCUT2D eigenvalue weighted by atomic mass is 9.74. The fourth-order valence-corrected chi connectivity index (χ4v) is 9.42. The summed E-state index contributed by atoms with van der Waals surface area (Å²) in [5.74, 6) is -0.929. The molecule has 222 valence electrons. The highest BCUT2D eigenvalue weighted by molar-refractivity contribution is 8.02. The molecule has 41 heavy (non-hydrogen) atoms. The summed E-state index contributed by atoms with van der Waals surface area (Å²) in [5.41, 5.74) is 0.740. The summed E-state index contributed by atoms with van der Waals surface area (Å²) >= 11 is 1.57. The third-order valence-electron chi connectivity index (χ3n) is 8.96. The summed E-state index contributed by atoms with van der Waals surface area (Å²) in [6.07, 6.45) is 8.68. The maximum Gasteiger partial charge on any atom is 0.247 e. The number of aliphatic hydroxyl groups is 1. The van der Waals surface area contributed by atoms with E-state index in [0.29, 0.717) is 26.1 Å². The van der Waals surface area contributed by atoms with Crippen LogP contribution < -0.4 is 9.64 Å². The Labute approximate surface area is 247 Å². The van der Waals surface area contributed by atoms with Gasteiger partial charge in [0.25, 0.3) is 0 Å². The Balaban J connectivity index is 1.62. The van der Waals surface area contributed by atoms with Crippen LogP contribution in [0.2, 0.25) is 0 Å². The average molecular weight is 582 g/mol. The average Bonchev–Trinajstić information content (AvgIpc) is 3.19. The van der Waals surface area contributed by atoms with Crippen molar-refractivity contribution in [2.45, 2.75) is 75.6 Å². The number of anilines is 1. The summed E-state index contributed by atoms with van der Waals surface area (Å²) in [6, 6.07) is 6.10. The van der Waals surface area contributed by atoms with E-state index in [2.05, 4.69) is 19.9 Å². The van der Waals surface area contributed by atoms with Gasteiger partial charge in [0.1, 0.15) is 11.8 Å². The SMILES string of the molecule is CCOc1ccc(N2CC=C[C@@]3(C)S[C@]45C=CCN(C(C)C)C(=O)C4N([C@@H](CO)CC(C)C)C(=O)[C@@H]5[C@H]3C2=O)cc1. The monoisotopic (exact) mass is 581 g/mol. The zero-order valence-electron chi connectivity index (χ0n) is 24.9. The van der Waals surface area contributed by atoms with Gasteiger partial charge in [-0.1, -0.05) is 38.2 Å². The van der Waals surface area contributed by atoms with Crippen molar-refractivity contribution in [1.29, 1.82) is 0 Å². The maximum absolute atomic E-state index is 14.7. The molecule has 1 aromatic carbocycles. The Morgan fingerprint density at radius 1 is 0.976 bits per heavy atom. The molecule has 6 atom stereocenters. The molecule has 0 saturated carbocycles. The van der Waals surface area contributed by atoms with Crippen molar-refractivity contribution in [3.05, 3.63) is 48.6 Å². The molecule has 5 rings (SSSR count). The predicted molar refractivity (Wildman–Crippen MR) is 162 cm³/mol. The molecular formula is C32H43N3O5S. The zero-order chi connectivity index (χ0) is 29.7. The van der Waals surface area contributed by atoms with Crippen LogP contribution in [0.4, 0.5) is 5.69 Å². The third kappa shape index (κ3) is 4.79. The molecule has 3 amide bonds. The van der Waals surface area contributed by atoms with E-state index >= 15 is 0 Å². The summed E-state index contributed by atoms with van der Waals surface area (Å²) in [6.45, 7) is 13.2. The van der Waals surface area contributed by atoms with Crippen molar-refractivity contribution in [1.82, 2.24) is 9.80 Å². The molecule has 4 heterocycles. The number of hydrogen-bond donors (Lipinski definition) is 1. The minimum Gasteiger partial charge on any atom is -0.494 e. The van der Waals surface area contributed by atoms with Crippen molar-refractivity contribution in [3.63, 3.8) is 0 Å². The van der Waals surface area contributed by atoms with Gasteiger partial charge in [-0.2, -0.15) is 0 Å². The second-order valence-electron chi connectivity index (χ2n) is 12.5. The number of nitrogens with zero attached hydrogens (tertiary/aromatic N) is 3. The summed E-state index contributed by atoms with van der Waals surface area (Å²) in [7, 11) is 0. The van der Waals surface area contributed by atoms with E-state index in [9.17, 15) is 19.5 Å². The molecule has 1 unspecified atom stereocenters. The Hall–Kier alpha value is -2.78. The minimum absolute atomic E-state index is 0.0554. The van der Waals surface area contributed by atoms with Crippen LogP contribution in [0.5, 0.6) is 5.75 Å². The van der Waals surface area contributed by atoms with Crippen molar-refractivity contribution in [2.75, 3.05) is 31.2 Å². The molecule has 4 aliphatic rings. The highest BCUT2D eigenvalue weighted by Gasteiger charge is 2.74. The first kappa shape index (κ1) is 29.7. The minimum atomic E-state index is -0.927. The van der Waals surface area contributed by atoms with Crippen LogP contribution in [0.25, 0.3) is 0 Å². The number of fused-ring (bicyclic) bond motifs is 2. The maximum atomic E-state index is 14.7. The van der Waals surface area contributed by atoms with Crippen LogP contribution in [0.3, 0.4) is 0 Å². The molecular weight excluding hydrogens is 538 g/mol. The fourth-order valence-electron chi connectivity index (χ4n) is 7.28. The van der Waals surface area contributed by atoms with E-state index in [1.807, 2.05) is 75.1 Å². The molecule has 0 aliphatic carbocycles. The number of thioether (sulfide) groups is 1. The molecule has 2 saturated heterocycles. The fraction of sp³-hybridized carbons (Fsp3) is 0.594. The van der Waals surface area contributed by atoms with Crippen LogP contribution in [0.1, 0.15) is 48.0 Å². The van der Waals surface area contributed by atoms with Gasteiger partial charge < -0.3 is 24.5 Å². The number of likely N-dealkylation sites (tertiary alicyclic amines) is 1. The Morgan fingerprint density at radius 2 is 1.66 bits per heavy atom. The van der Waals surface area contributed by atoms with E-state index in [4.69, 9.17) is 4.74 Å². The van der Waals surface area contributed by atoms with E-state index in [1.54, 1.807) is 21.6 Å². The van der Waals surface area contributed by atoms with Gasteiger partial charge in [0.2, 0.25) is 17.7 Å². The molecule has 8 nitrogen and oxygen atoms in total. The molecule has 2 fully saturated rings. The molecule has 9 heteroatoms.